The minimum atomic E-state index is -0.748. The van der Waals surface area contributed by atoms with Crippen LogP contribution in [0.3, 0.4) is 0 Å². The van der Waals surface area contributed by atoms with Crippen LogP contribution in [-0.4, -0.2) is 75.6 Å². The smallest absolute Gasteiger partial charge is 0.303 e. The zero-order valence-corrected chi connectivity index (χ0v) is 23.8. The van der Waals surface area contributed by atoms with Crippen LogP contribution >= 0.6 is 0 Å². The van der Waals surface area contributed by atoms with Gasteiger partial charge in [-0.15, -0.1) is 0 Å². The van der Waals surface area contributed by atoms with Crippen LogP contribution in [0, 0.1) is 51.7 Å². The van der Waals surface area contributed by atoms with E-state index in [9.17, 15) is 20.1 Å². The highest BCUT2D eigenvalue weighted by Gasteiger charge is 2.65. The van der Waals surface area contributed by atoms with Crippen molar-refractivity contribution in [2.24, 2.45) is 62.8 Å². The van der Waals surface area contributed by atoms with E-state index < -0.39 is 12.1 Å². The van der Waals surface area contributed by atoms with Gasteiger partial charge in [0.15, 0.2) is 5.96 Å². The molecule has 0 aromatic heterocycles. The SMILES string of the molecule is CN(C)C(=N)N=C(N)N.C[C@H](CCC(=O)O)[C@H]1CC[C@H]2[C@@H]3[C@H](O)C[C@@H]4C[C@H](O)CC[C@]4(C)[C@H]3C[C@H](O)[C@]12C. The Kier molecular flexibility index (Phi) is 9.41. The number of hydrogen-bond acceptors (Lipinski definition) is 5. The maximum atomic E-state index is 11.5. The van der Waals surface area contributed by atoms with Gasteiger partial charge in [-0.3, -0.25) is 10.2 Å². The number of nitrogens with one attached hydrogen (secondary N) is 1. The van der Waals surface area contributed by atoms with Gasteiger partial charge in [-0.05, 0) is 97.7 Å². The van der Waals surface area contributed by atoms with Crippen molar-refractivity contribution < 1.29 is 25.2 Å². The Labute approximate surface area is 227 Å². The minimum absolute atomic E-state index is 0.0509. The molecule has 0 aromatic rings. The maximum absolute atomic E-state index is 11.5. The number of aliphatic hydroxyl groups excluding tert-OH is 3. The molecule has 4 fully saturated rings. The van der Waals surface area contributed by atoms with Gasteiger partial charge in [0.2, 0.25) is 5.96 Å². The lowest BCUT2D eigenvalue weighted by atomic mass is 9.43. The molecule has 0 spiro atoms. The Morgan fingerprint density at radius 1 is 1.08 bits per heavy atom. The summed E-state index contributed by atoms with van der Waals surface area (Å²) in [6.45, 7) is 6.72. The summed E-state index contributed by atoms with van der Waals surface area (Å²) in [5, 5.41) is 49.1. The largest absolute Gasteiger partial charge is 0.481 e. The van der Waals surface area contributed by atoms with Crippen molar-refractivity contribution in [1.82, 2.24) is 4.90 Å². The van der Waals surface area contributed by atoms with Crippen LogP contribution in [0.5, 0.6) is 0 Å². The molecule has 0 saturated heterocycles. The molecule has 0 radical (unpaired) electrons. The fourth-order valence-corrected chi connectivity index (χ4v) is 8.91. The molecule has 0 amide bonds. The molecular formula is C28H51N5O5. The average molecular weight is 538 g/mol. The molecule has 4 rings (SSSR count). The van der Waals surface area contributed by atoms with Crippen LogP contribution < -0.4 is 11.5 Å². The number of guanidine groups is 2. The lowest BCUT2D eigenvalue weighted by Gasteiger charge is -2.63. The predicted octanol–water partition coefficient (Wildman–Crippen LogP) is 2.20. The van der Waals surface area contributed by atoms with Crippen LogP contribution in [0.2, 0.25) is 0 Å². The van der Waals surface area contributed by atoms with Gasteiger partial charge in [-0.2, -0.15) is 4.99 Å². The third kappa shape index (κ3) is 5.82. The van der Waals surface area contributed by atoms with Crippen molar-refractivity contribution in [3.63, 3.8) is 0 Å². The van der Waals surface area contributed by atoms with E-state index in [1.807, 2.05) is 0 Å². The van der Waals surface area contributed by atoms with Crippen LogP contribution in [0.25, 0.3) is 0 Å². The number of rotatable bonds is 4. The summed E-state index contributed by atoms with van der Waals surface area (Å²) >= 11 is 0. The number of carboxylic acids is 1. The summed E-state index contributed by atoms with van der Waals surface area (Å²) in [6.07, 6.45) is 6.00. The zero-order valence-electron chi connectivity index (χ0n) is 23.8. The number of aliphatic imine (C=N–C) groups is 1. The molecule has 4 aliphatic carbocycles. The maximum Gasteiger partial charge on any atom is 0.303 e. The molecule has 218 valence electrons. The Morgan fingerprint density at radius 3 is 2.29 bits per heavy atom. The number of aliphatic carboxylic acids is 1. The first-order chi connectivity index (χ1) is 17.6. The minimum Gasteiger partial charge on any atom is -0.481 e. The van der Waals surface area contributed by atoms with E-state index in [0.717, 1.165) is 44.9 Å². The van der Waals surface area contributed by atoms with E-state index in [0.29, 0.717) is 30.1 Å². The van der Waals surface area contributed by atoms with Crippen LogP contribution in [0.1, 0.15) is 78.6 Å². The van der Waals surface area contributed by atoms with Crippen molar-refractivity contribution in [3.05, 3.63) is 0 Å². The summed E-state index contributed by atoms with van der Waals surface area (Å²) in [4.78, 5) is 16.0. The van der Waals surface area contributed by atoms with Gasteiger partial charge in [0.05, 0.1) is 18.3 Å². The van der Waals surface area contributed by atoms with Crippen LogP contribution in [0.4, 0.5) is 0 Å². The second-order valence-electron chi connectivity index (χ2n) is 13.2. The second kappa shape index (κ2) is 11.7. The van der Waals surface area contributed by atoms with Gasteiger partial charge < -0.3 is 36.8 Å². The summed E-state index contributed by atoms with van der Waals surface area (Å²) in [5.41, 5.74) is 9.84. The highest BCUT2D eigenvalue weighted by molar-refractivity contribution is 5.91. The molecule has 10 heteroatoms. The quantitative estimate of drug-likeness (QED) is 0.210. The lowest BCUT2D eigenvalue weighted by Crippen LogP contribution is -2.62. The predicted molar refractivity (Wildman–Crippen MR) is 147 cm³/mol. The number of nitrogens with zero attached hydrogens (tertiary/aromatic N) is 2. The van der Waals surface area contributed by atoms with Gasteiger partial charge in [-0.25, -0.2) is 0 Å². The first-order valence-electron chi connectivity index (χ1n) is 14.2. The molecule has 0 aromatic carbocycles. The van der Waals surface area contributed by atoms with Crippen molar-refractivity contribution in [2.45, 2.75) is 96.9 Å². The first kappa shape index (κ1) is 30.6. The number of carbonyl (C=O) groups is 1. The van der Waals surface area contributed by atoms with Crippen molar-refractivity contribution in [2.75, 3.05) is 14.1 Å². The number of carboxylic acid groups (broad SMARTS) is 1. The monoisotopic (exact) mass is 537 g/mol. The molecule has 38 heavy (non-hydrogen) atoms. The third-order valence-corrected chi connectivity index (χ3v) is 11.0. The van der Waals surface area contributed by atoms with Crippen LogP contribution in [-0.2, 0) is 4.79 Å². The second-order valence-corrected chi connectivity index (χ2v) is 13.2. The molecule has 0 bridgehead atoms. The van der Waals surface area contributed by atoms with Crippen molar-refractivity contribution in [3.8, 4) is 0 Å². The Morgan fingerprint density at radius 2 is 1.74 bits per heavy atom. The summed E-state index contributed by atoms with van der Waals surface area (Å²) in [7, 11) is 3.38. The van der Waals surface area contributed by atoms with E-state index in [4.69, 9.17) is 22.0 Å². The van der Waals surface area contributed by atoms with E-state index in [-0.39, 0.29) is 53.2 Å². The zero-order chi connectivity index (χ0) is 28.6. The van der Waals surface area contributed by atoms with E-state index >= 15 is 0 Å². The number of hydrogen-bond donors (Lipinski definition) is 7. The molecule has 0 heterocycles. The van der Waals surface area contributed by atoms with Gasteiger partial charge >= 0.3 is 5.97 Å². The highest BCUT2D eigenvalue weighted by Crippen LogP contribution is 2.68. The number of aliphatic hydroxyl groups is 3. The topological polar surface area (TPSA) is 189 Å². The summed E-state index contributed by atoms with van der Waals surface area (Å²) < 4.78 is 0. The standard InChI is InChI=1S/C24H40O5.C4H11N5/c1-13(4-7-21(28)29)16-5-6-17-22-18(12-20(27)24(16,17)3)23(2)9-8-15(25)10-14(23)11-19(22)26;1-9(2)4(7)8-3(5)6/h13-20,22,25-27H,4-12H2,1-3H3,(H,28,29);1-2H3,(H5,5,6,7,8)/t13-,14+,15-,16-,17+,18+,19-,20+,22+,23+,24-;/m1./s1. The molecule has 0 unspecified atom stereocenters. The van der Waals surface area contributed by atoms with Gasteiger partial charge in [0.1, 0.15) is 0 Å². The molecule has 4 aliphatic rings. The molecule has 9 N–H and O–H groups in total. The fourth-order valence-electron chi connectivity index (χ4n) is 8.91. The van der Waals surface area contributed by atoms with Crippen molar-refractivity contribution in [1.29, 1.82) is 5.41 Å². The van der Waals surface area contributed by atoms with Gasteiger partial charge in [0, 0.05) is 20.5 Å². The summed E-state index contributed by atoms with van der Waals surface area (Å²) in [5.74, 6) is 0.959. The molecule has 10 nitrogen and oxygen atoms in total. The molecule has 4 saturated carbocycles. The number of nitrogens with two attached hydrogens (primary N) is 2. The number of fused-ring (bicyclic) bond motifs is 5. The van der Waals surface area contributed by atoms with E-state index in [1.165, 1.54) is 4.90 Å². The normalized spacial score (nSPS) is 42.3. The third-order valence-electron chi connectivity index (χ3n) is 11.0. The first-order valence-corrected chi connectivity index (χ1v) is 14.2. The van der Waals surface area contributed by atoms with Crippen LogP contribution in [0.15, 0.2) is 4.99 Å². The molecule has 11 atom stereocenters. The summed E-state index contributed by atoms with van der Waals surface area (Å²) in [6, 6.07) is 0. The lowest BCUT2D eigenvalue weighted by molar-refractivity contribution is -0.207. The highest BCUT2D eigenvalue weighted by atomic mass is 16.4. The Balaban J connectivity index is 0.000000383. The average Bonchev–Trinajstić information content (AvgIpc) is 3.18. The Hall–Kier alpha value is -1.91. The van der Waals surface area contributed by atoms with E-state index in [1.54, 1.807) is 14.1 Å². The Bertz CT molecular complexity index is 895. The van der Waals surface area contributed by atoms with Gasteiger partial charge in [-0.1, -0.05) is 20.8 Å². The molecule has 0 aliphatic heterocycles. The van der Waals surface area contributed by atoms with E-state index in [2.05, 4.69) is 25.8 Å². The molecular weight excluding hydrogens is 486 g/mol. The van der Waals surface area contributed by atoms with Crippen molar-refractivity contribution >= 4 is 17.9 Å². The van der Waals surface area contributed by atoms with Gasteiger partial charge in [0.25, 0.3) is 0 Å². The fraction of sp³-hybridized carbons (Fsp3) is 0.893.